The lowest BCUT2D eigenvalue weighted by Crippen LogP contribution is -2.28. The smallest absolute Gasteiger partial charge is 0.355 e. The van der Waals surface area contributed by atoms with E-state index in [-0.39, 0.29) is 18.2 Å². The maximum Gasteiger partial charge on any atom is 0.355 e. The van der Waals surface area contributed by atoms with Crippen LogP contribution in [0.1, 0.15) is 16.1 Å². The fourth-order valence-electron chi connectivity index (χ4n) is 1.54. The summed E-state index contributed by atoms with van der Waals surface area (Å²) in [6.07, 6.45) is 1.47. The van der Waals surface area contributed by atoms with Crippen LogP contribution in [0.3, 0.4) is 0 Å². The molecule has 0 fully saturated rings. The average molecular weight is 293 g/mol. The van der Waals surface area contributed by atoms with Crippen LogP contribution in [-0.4, -0.2) is 23.5 Å². The van der Waals surface area contributed by atoms with Crippen molar-refractivity contribution in [1.82, 2.24) is 10.3 Å². The Hall–Kier alpha value is -2.27. The predicted octanol–water partition coefficient (Wildman–Crippen LogP) is 2.14. The molecule has 0 atom stereocenters. The van der Waals surface area contributed by atoms with E-state index in [0.717, 1.165) is 5.56 Å². The molecule has 0 bridgehead atoms. The summed E-state index contributed by atoms with van der Waals surface area (Å²) in [7, 11) is 0. The van der Waals surface area contributed by atoms with Gasteiger partial charge in [0.05, 0.1) is 5.02 Å². The first-order valence-electron chi connectivity index (χ1n) is 5.97. The fourth-order valence-corrected chi connectivity index (χ4v) is 1.71. The zero-order chi connectivity index (χ0) is 14.4. The van der Waals surface area contributed by atoms with Gasteiger partial charge >= 0.3 is 5.97 Å². The van der Waals surface area contributed by atoms with Crippen LogP contribution in [0.15, 0.2) is 42.6 Å². The summed E-state index contributed by atoms with van der Waals surface area (Å²) in [5, 5.41) is 3.07. The normalized spacial score (nSPS) is 10.1. The molecule has 2 aromatic rings. The van der Waals surface area contributed by atoms with Crippen molar-refractivity contribution in [1.29, 1.82) is 0 Å². The maximum atomic E-state index is 11.5. The fraction of sp³-hybridized carbons (Fsp3) is 0.143. The number of carbonyl (C=O) groups is 2. The van der Waals surface area contributed by atoms with Crippen LogP contribution >= 0.6 is 11.6 Å². The van der Waals surface area contributed by atoms with Crippen molar-refractivity contribution in [2.75, 3.05) is 6.61 Å². The number of esters is 1. The van der Waals surface area contributed by atoms with Gasteiger partial charge in [-0.25, -0.2) is 4.79 Å². The van der Waals surface area contributed by atoms with Gasteiger partial charge in [-0.1, -0.05) is 41.9 Å². The van der Waals surface area contributed by atoms with Gasteiger partial charge in [0.15, 0.2) is 6.61 Å². The van der Waals surface area contributed by atoms with E-state index in [1.165, 1.54) is 12.3 Å². The summed E-state index contributed by atoms with van der Waals surface area (Å²) in [4.78, 5) is 25.7. The van der Waals surface area contributed by atoms with Crippen molar-refractivity contribution in [3.8, 4) is 0 Å². The van der Waals surface area contributed by atoms with Crippen molar-refractivity contribution in [3.05, 3.63) is 58.9 Å². The second-order valence-corrected chi connectivity index (χ2v) is 4.51. The summed E-state index contributed by atoms with van der Waals surface area (Å²) in [5.74, 6) is -0.980. The van der Waals surface area contributed by atoms with Crippen LogP contribution in [-0.2, 0) is 16.1 Å². The summed E-state index contributed by atoms with van der Waals surface area (Å²) < 4.78 is 4.85. The summed E-state index contributed by atoms with van der Waals surface area (Å²) in [6.45, 7) is 0.0634. The second kappa shape index (κ2) is 6.77. The van der Waals surface area contributed by atoms with Gasteiger partial charge in [-0.05, 0) is 11.6 Å². The van der Waals surface area contributed by atoms with Crippen LogP contribution < -0.4 is 5.32 Å². The van der Waals surface area contributed by atoms with Crippen LogP contribution in [0.5, 0.6) is 0 Å². The Morgan fingerprint density at radius 1 is 1.25 bits per heavy atom. The summed E-state index contributed by atoms with van der Waals surface area (Å²) in [5.41, 5.74) is 1.19. The van der Waals surface area contributed by atoms with E-state index in [9.17, 15) is 9.59 Å². The molecular weight excluding hydrogens is 280 g/mol. The molecule has 20 heavy (non-hydrogen) atoms. The summed E-state index contributed by atoms with van der Waals surface area (Å²) >= 11 is 5.67. The van der Waals surface area contributed by atoms with Gasteiger partial charge < -0.3 is 15.0 Å². The SMILES string of the molecule is O=C(COC(=O)c1cc(Cl)c[nH]1)NCc1ccccc1. The third kappa shape index (κ3) is 4.13. The first kappa shape index (κ1) is 14.1. The van der Waals surface area contributed by atoms with Crippen LogP contribution in [0, 0.1) is 0 Å². The first-order chi connectivity index (χ1) is 9.65. The first-order valence-corrected chi connectivity index (χ1v) is 6.34. The van der Waals surface area contributed by atoms with E-state index >= 15 is 0 Å². The molecule has 104 valence electrons. The van der Waals surface area contributed by atoms with Crippen molar-refractivity contribution in [2.24, 2.45) is 0 Å². The largest absolute Gasteiger partial charge is 0.451 e. The number of carbonyl (C=O) groups excluding carboxylic acids is 2. The highest BCUT2D eigenvalue weighted by atomic mass is 35.5. The molecule has 0 saturated carbocycles. The van der Waals surface area contributed by atoms with Gasteiger partial charge in [0.2, 0.25) is 0 Å². The lowest BCUT2D eigenvalue weighted by molar-refractivity contribution is -0.124. The Labute approximate surface area is 120 Å². The Balaban J connectivity index is 1.74. The van der Waals surface area contributed by atoms with Gasteiger partial charge in [0.1, 0.15) is 5.69 Å². The number of hydrogen-bond acceptors (Lipinski definition) is 3. The number of benzene rings is 1. The number of halogens is 1. The number of hydrogen-bond donors (Lipinski definition) is 2. The third-order valence-corrected chi connectivity index (χ3v) is 2.75. The van der Waals surface area contributed by atoms with Crippen molar-refractivity contribution >= 4 is 23.5 Å². The lowest BCUT2D eigenvalue weighted by Gasteiger charge is -2.06. The minimum absolute atomic E-state index is 0.214. The molecule has 0 saturated heterocycles. The second-order valence-electron chi connectivity index (χ2n) is 4.07. The summed E-state index contributed by atoms with van der Waals surface area (Å²) in [6, 6.07) is 10.9. The van der Waals surface area contributed by atoms with E-state index in [1.807, 2.05) is 30.3 Å². The number of ether oxygens (including phenoxy) is 1. The number of H-pyrrole nitrogens is 1. The Bertz CT molecular complexity index is 595. The van der Waals surface area contributed by atoms with Gasteiger partial charge in [0, 0.05) is 12.7 Å². The average Bonchev–Trinajstić information content (AvgIpc) is 2.90. The minimum atomic E-state index is -0.619. The molecule has 5 nitrogen and oxygen atoms in total. The van der Waals surface area contributed by atoms with Crippen LogP contribution in [0.25, 0.3) is 0 Å². The van der Waals surface area contributed by atoms with Crippen molar-refractivity contribution in [2.45, 2.75) is 6.54 Å². The molecule has 1 aromatic heterocycles. The molecule has 1 heterocycles. The quantitative estimate of drug-likeness (QED) is 0.830. The van der Waals surface area contributed by atoms with E-state index in [2.05, 4.69) is 10.3 Å². The zero-order valence-corrected chi connectivity index (χ0v) is 11.3. The van der Waals surface area contributed by atoms with E-state index < -0.39 is 5.97 Å². The molecular formula is C14H13ClN2O3. The molecule has 0 radical (unpaired) electrons. The highest BCUT2D eigenvalue weighted by Crippen LogP contribution is 2.10. The Kier molecular flexibility index (Phi) is 4.79. The highest BCUT2D eigenvalue weighted by Gasteiger charge is 2.11. The minimum Gasteiger partial charge on any atom is -0.451 e. The van der Waals surface area contributed by atoms with Gasteiger partial charge in [-0.15, -0.1) is 0 Å². The van der Waals surface area contributed by atoms with E-state index in [1.54, 1.807) is 0 Å². The van der Waals surface area contributed by atoms with Gasteiger partial charge in [0.25, 0.3) is 5.91 Å². The molecule has 0 spiro atoms. The Morgan fingerprint density at radius 3 is 2.65 bits per heavy atom. The molecule has 6 heteroatoms. The number of aromatic amines is 1. The molecule has 0 aliphatic carbocycles. The topological polar surface area (TPSA) is 71.2 Å². The van der Waals surface area contributed by atoms with Crippen molar-refractivity contribution < 1.29 is 14.3 Å². The molecule has 0 aliphatic heterocycles. The number of aromatic nitrogens is 1. The maximum absolute atomic E-state index is 11.5. The predicted molar refractivity (Wildman–Crippen MR) is 74.4 cm³/mol. The molecule has 1 amide bonds. The number of nitrogens with one attached hydrogen (secondary N) is 2. The lowest BCUT2D eigenvalue weighted by atomic mass is 10.2. The molecule has 0 unspecified atom stereocenters. The molecule has 0 aliphatic rings. The number of amides is 1. The van der Waals surface area contributed by atoms with Gasteiger partial charge in [-0.2, -0.15) is 0 Å². The molecule has 2 rings (SSSR count). The zero-order valence-electron chi connectivity index (χ0n) is 10.6. The standard InChI is InChI=1S/C14H13ClN2O3/c15-11-6-12(16-8-11)14(19)20-9-13(18)17-7-10-4-2-1-3-5-10/h1-6,8,16H,7,9H2,(H,17,18). The Morgan fingerprint density at radius 2 is 2.00 bits per heavy atom. The molecule has 1 aromatic carbocycles. The van der Waals surface area contributed by atoms with E-state index in [4.69, 9.17) is 16.3 Å². The monoisotopic (exact) mass is 292 g/mol. The molecule has 2 N–H and O–H groups in total. The van der Waals surface area contributed by atoms with Crippen molar-refractivity contribution in [3.63, 3.8) is 0 Å². The highest BCUT2D eigenvalue weighted by molar-refractivity contribution is 6.30. The van der Waals surface area contributed by atoms with Gasteiger partial charge in [-0.3, -0.25) is 4.79 Å². The third-order valence-electron chi connectivity index (χ3n) is 2.53. The van der Waals surface area contributed by atoms with E-state index in [0.29, 0.717) is 11.6 Å². The van der Waals surface area contributed by atoms with Crippen LogP contribution in [0.2, 0.25) is 5.02 Å². The number of rotatable bonds is 5. The van der Waals surface area contributed by atoms with Crippen LogP contribution in [0.4, 0.5) is 0 Å².